The van der Waals surface area contributed by atoms with Gasteiger partial charge in [0.1, 0.15) is 16.8 Å². The summed E-state index contributed by atoms with van der Waals surface area (Å²) in [6.07, 6.45) is 0. The Morgan fingerprint density at radius 2 is 1.02 bits per heavy atom. The van der Waals surface area contributed by atoms with Gasteiger partial charge in [0, 0.05) is 27.6 Å². The molecule has 11 aromatic rings. The predicted molar refractivity (Wildman–Crippen MR) is 227 cm³/mol. The van der Waals surface area contributed by atoms with Crippen molar-refractivity contribution in [1.29, 1.82) is 0 Å². The molecule has 258 valence electrons. The number of furan rings is 1. The molecule has 0 atom stereocenters. The van der Waals surface area contributed by atoms with Crippen molar-refractivity contribution < 1.29 is 8.83 Å². The Morgan fingerprint density at radius 3 is 1.82 bits per heavy atom. The number of aromatic nitrogens is 1. The monoisotopic (exact) mass is 704 g/mol. The first kappa shape index (κ1) is 31.1. The van der Waals surface area contributed by atoms with E-state index in [1.54, 1.807) is 0 Å². The number of hydrogen-bond donors (Lipinski definition) is 0. The van der Waals surface area contributed by atoms with Crippen LogP contribution < -0.4 is 4.90 Å². The number of benzene rings is 9. The van der Waals surface area contributed by atoms with Crippen molar-refractivity contribution in [1.82, 2.24) is 4.98 Å². The summed E-state index contributed by atoms with van der Waals surface area (Å²) in [5.41, 5.74) is 11.1. The number of fused-ring (bicyclic) bond motifs is 7. The van der Waals surface area contributed by atoms with Crippen LogP contribution in [0.2, 0.25) is 0 Å². The molecule has 9 aromatic carbocycles. The molecule has 0 unspecified atom stereocenters. The van der Waals surface area contributed by atoms with Gasteiger partial charge in [-0.15, -0.1) is 0 Å². The molecule has 11 rings (SSSR count). The van der Waals surface area contributed by atoms with Crippen molar-refractivity contribution >= 4 is 71.6 Å². The zero-order valence-corrected chi connectivity index (χ0v) is 29.7. The largest absolute Gasteiger partial charge is 0.454 e. The molecule has 0 saturated heterocycles. The van der Waals surface area contributed by atoms with Crippen LogP contribution in [0.4, 0.5) is 17.1 Å². The molecule has 0 saturated carbocycles. The number of hydrogen-bond acceptors (Lipinski definition) is 4. The summed E-state index contributed by atoms with van der Waals surface area (Å²) in [7, 11) is 0. The summed E-state index contributed by atoms with van der Waals surface area (Å²) < 4.78 is 13.7. The highest BCUT2D eigenvalue weighted by Crippen LogP contribution is 2.49. The van der Waals surface area contributed by atoms with Crippen LogP contribution in [0.15, 0.2) is 203 Å². The Balaban J connectivity index is 1.20. The van der Waals surface area contributed by atoms with Gasteiger partial charge in [-0.1, -0.05) is 146 Å². The standard InChI is InChI=1S/C51H32N2O2/c1-3-15-33(16-4-1)39-21-11-13-25-46(39)53(37-29-27-34(28-30-37)43-31-36-19-7-8-20-38(36)40-22-9-10-23-41(40)43)48-49-44(42-24-12-14-26-47(42)54-49)32-45-50(48)55-51(52-45)35-17-5-2-6-18-35/h1-32H. The summed E-state index contributed by atoms with van der Waals surface area (Å²) >= 11 is 0. The molecule has 55 heavy (non-hydrogen) atoms. The van der Waals surface area contributed by atoms with Crippen LogP contribution >= 0.6 is 0 Å². The van der Waals surface area contributed by atoms with Gasteiger partial charge >= 0.3 is 0 Å². The molecule has 0 spiro atoms. The zero-order chi connectivity index (χ0) is 36.3. The van der Waals surface area contributed by atoms with Crippen molar-refractivity contribution in [3.8, 4) is 33.7 Å². The van der Waals surface area contributed by atoms with Crippen molar-refractivity contribution in [3.05, 3.63) is 194 Å². The topological polar surface area (TPSA) is 42.4 Å². The van der Waals surface area contributed by atoms with E-state index in [2.05, 4.69) is 157 Å². The molecule has 0 fully saturated rings. The Morgan fingerprint density at radius 1 is 0.400 bits per heavy atom. The first-order valence-electron chi connectivity index (χ1n) is 18.5. The quantitative estimate of drug-likeness (QED) is 0.162. The molecule has 4 heteroatoms. The predicted octanol–water partition coefficient (Wildman–Crippen LogP) is 14.5. The third kappa shape index (κ3) is 5.11. The lowest BCUT2D eigenvalue weighted by atomic mass is 9.93. The highest BCUT2D eigenvalue weighted by atomic mass is 16.4. The lowest BCUT2D eigenvalue weighted by Crippen LogP contribution is -2.12. The van der Waals surface area contributed by atoms with E-state index < -0.39 is 0 Å². The first-order chi connectivity index (χ1) is 27.3. The molecule has 0 radical (unpaired) electrons. The van der Waals surface area contributed by atoms with Crippen LogP contribution in [0.1, 0.15) is 0 Å². The van der Waals surface area contributed by atoms with Crippen LogP contribution in [0.25, 0.3) is 88.3 Å². The van der Waals surface area contributed by atoms with E-state index in [4.69, 9.17) is 13.8 Å². The molecular formula is C51H32N2O2. The summed E-state index contributed by atoms with van der Waals surface area (Å²) in [6.45, 7) is 0. The normalized spacial score (nSPS) is 11.6. The molecule has 0 N–H and O–H groups in total. The molecule has 2 aromatic heterocycles. The van der Waals surface area contributed by atoms with E-state index in [9.17, 15) is 0 Å². The highest BCUT2D eigenvalue weighted by molar-refractivity contribution is 6.18. The number of anilines is 3. The van der Waals surface area contributed by atoms with Crippen molar-refractivity contribution in [3.63, 3.8) is 0 Å². The first-order valence-corrected chi connectivity index (χ1v) is 18.5. The third-order valence-electron chi connectivity index (χ3n) is 10.7. The molecule has 0 aliphatic heterocycles. The molecule has 0 amide bonds. The second-order valence-corrected chi connectivity index (χ2v) is 13.9. The van der Waals surface area contributed by atoms with E-state index in [1.165, 1.54) is 27.1 Å². The second-order valence-electron chi connectivity index (χ2n) is 13.9. The minimum Gasteiger partial charge on any atom is -0.454 e. The highest BCUT2D eigenvalue weighted by Gasteiger charge is 2.28. The fourth-order valence-electron chi connectivity index (χ4n) is 8.13. The van der Waals surface area contributed by atoms with E-state index in [1.807, 2.05) is 42.5 Å². The number of rotatable bonds is 6. The Bertz CT molecular complexity index is 3200. The smallest absolute Gasteiger partial charge is 0.227 e. The molecule has 4 nitrogen and oxygen atoms in total. The fraction of sp³-hybridized carbons (Fsp3) is 0. The second kappa shape index (κ2) is 12.6. The van der Waals surface area contributed by atoms with E-state index >= 15 is 0 Å². The van der Waals surface area contributed by atoms with E-state index in [-0.39, 0.29) is 0 Å². The molecular weight excluding hydrogens is 673 g/mol. The van der Waals surface area contributed by atoms with Gasteiger partial charge in [0.15, 0.2) is 11.2 Å². The lowest BCUT2D eigenvalue weighted by Gasteiger charge is -2.28. The maximum Gasteiger partial charge on any atom is 0.227 e. The van der Waals surface area contributed by atoms with Gasteiger partial charge in [-0.25, -0.2) is 4.98 Å². The maximum absolute atomic E-state index is 6.83. The van der Waals surface area contributed by atoms with Crippen LogP contribution in [-0.4, -0.2) is 4.98 Å². The van der Waals surface area contributed by atoms with Gasteiger partial charge in [-0.3, -0.25) is 0 Å². The summed E-state index contributed by atoms with van der Waals surface area (Å²) in [5.74, 6) is 0.559. The fourth-order valence-corrected chi connectivity index (χ4v) is 8.13. The van der Waals surface area contributed by atoms with Crippen LogP contribution in [-0.2, 0) is 0 Å². The molecule has 0 aliphatic carbocycles. The lowest BCUT2D eigenvalue weighted by molar-refractivity contribution is 0.618. The van der Waals surface area contributed by atoms with Gasteiger partial charge in [-0.05, 0) is 86.8 Å². The van der Waals surface area contributed by atoms with Gasteiger partial charge in [0.05, 0.1) is 5.69 Å². The Hall–Kier alpha value is -7.43. The Kier molecular flexibility index (Phi) is 7.14. The summed E-state index contributed by atoms with van der Waals surface area (Å²) in [5, 5.41) is 6.96. The number of para-hydroxylation sites is 2. The van der Waals surface area contributed by atoms with E-state index in [0.717, 1.165) is 66.8 Å². The van der Waals surface area contributed by atoms with Crippen LogP contribution in [0.3, 0.4) is 0 Å². The molecule has 0 aliphatic rings. The molecule has 0 bridgehead atoms. The maximum atomic E-state index is 6.83. The average molecular weight is 705 g/mol. The van der Waals surface area contributed by atoms with Crippen molar-refractivity contribution in [2.75, 3.05) is 4.90 Å². The van der Waals surface area contributed by atoms with Gasteiger partial charge in [0.25, 0.3) is 0 Å². The van der Waals surface area contributed by atoms with Gasteiger partial charge in [0.2, 0.25) is 5.89 Å². The summed E-state index contributed by atoms with van der Waals surface area (Å²) in [4.78, 5) is 7.39. The van der Waals surface area contributed by atoms with Crippen molar-refractivity contribution in [2.24, 2.45) is 0 Å². The van der Waals surface area contributed by atoms with Gasteiger partial charge in [-0.2, -0.15) is 0 Å². The van der Waals surface area contributed by atoms with Crippen LogP contribution in [0.5, 0.6) is 0 Å². The third-order valence-corrected chi connectivity index (χ3v) is 10.7. The van der Waals surface area contributed by atoms with Crippen LogP contribution in [0, 0.1) is 0 Å². The van der Waals surface area contributed by atoms with Gasteiger partial charge < -0.3 is 13.7 Å². The zero-order valence-electron chi connectivity index (χ0n) is 29.7. The van der Waals surface area contributed by atoms with Crippen molar-refractivity contribution in [2.45, 2.75) is 0 Å². The SMILES string of the molecule is c1ccc(-c2nc3cc4c(oc5ccccc54)c(N(c4ccc(-c5cc6ccccc6c6ccccc56)cc4)c4ccccc4-c4ccccc4)c3o2)cc1. The minimum atomic E-state index is 0.559. The Labute approximate surface area is 317 Å². The number of nitrogens with zero attached hydrogens (tertiary/aromatic N) is 2. The minimum absolute atomic E-state index is 0.559. The van der Waals surface area contributed by atoms with E-state index in [0.29, 0.717) is 11.5 Å². The summed E-state index contributed by atoms with van der Waals surface area (Å²) in [6, 6.07) is 68.0. The average Bonchev–Trinajstić information content (AvgIpc) is 3.86. The number of oxazole rings is 1. The molecule has 2 heterocycles.